The van der Waals surface area contributed by atoms with Crippen molar-refractivity contribution in [3.63, 3.8) is 0 Å². The van der Waals surface area contributed by atoms with Gasteiger partial charge in [0, 0.05) is 23.6 Å². The van der Waals surface area contributed by atoms with Gasteiger partial charge in [0.2, 0.25) is 0 Å². The third kappa shape index (κ3) is 2.90. The van der Waals surface area contributed by atoms with Crippen molar-refractivity contribution < 1.29 is 26.7 Å². The van der Waals surface area contributed by atoms with Crippen LogP contribution in [0.1, 0.15) is 18.9 Å². The maximum absolute atomic E-state index is 13.9. The molecule has 30 heavy (non-hydrogen) atoms. The average Bonchev–Trinajstić information content (AvgIpc) is 3.17. The Bertz CT molecular complexity index is 1150. The van der Waals surface area contributed by atoms with Crippen LogP contribution in [0.25, 0.3) is 16.9 Å². The van der Waals surface area contributed by atoms with Gasteiger partial charge in [-0.25, -0.2) is 13.5 Å². The summed E-state index contributed by atoms with van der Waals surface area (Å²) in [6.45, 7) is 0.620. The van der Waals surface area contributed by atoms with E-state index in [0.717, 1.165) is 18.2 Å². The zero-order valence-corrected chi connectivity index (χ0v) is 16.3. The summed E-state index contributed by atoms with van der Waals surface area (Å²) < 4.78 is 74.9. The molecular formula is C18H15ClF5N5O. The van der Waals surface area contributed by atoms with Gasteiger partial charge < -0.3 is 9.64 Å². The largest absolute Gasteiger partial charge is 0.451 e. The van der Waals surface area contributed by atoms with Gasteiger partial charge in [-0.3, -0.25) is 4.68 Å². The molecule has 0 bridgehead atoms. The minimum Gasteiger partial charge on any atom is -0.451 e. The molecule has 0 spiro atoms. The van der Waals surface area contributed by atoms with Gasteiger partial charge in [0.15, 0.2) is 23.1 Å². The van der Waals surface area contributed by atoms with Crippen molar-refractivity contribution in [3.8, 4) is 11.7 Å². The SMILES string of the molecule is CC(Oc1nc(N2CCC(F)(F)C2)c2c(n1)n1n2-c2cccc(Cl)c2C1)C(F)(F)F. The number of rotatable bonds is 3. The van der Waals surface area contributed by atoms with E-state index in [-0.39, 0.29) is 18.8 Å². The van der Waals surface area contributed by atoms with Gasteiger partial charge in [-0.05, 0) is 19.1 Å². The Hall–Kier alpha value is -2.56. The monoisotopic (exact) mass is 447 g/mol. The molecule has 3 aromatic rings. The van der Waals surface area contributed by atoms with Crippen molar-refractivity contribution in [3.05, 3.63) is 28.8 Å². The third-order valence-corrected chi connectivity index (χ3v) is 5.72. The molecule has 1 atom stereocenters. The number of nitrogens with zero attached hydrogens (tertiary/aromatic N) is 5. The number of halogens is 6. The molecule has 1 aromatic carbocycles. The summed E-state index contributed by atoms with van der Waals surface area (Å²) in [4.78, 5) is 9.58. The maximum Gasteiger partial charge on any atom is 0.425 e. The summed E-state index contributed by atoms with van der Waals surface area (Å²) in [5.74, 6) is -2.79. The number of hydrogen-bond acceptors (Lipinski definition) is 4. The van der Waals surface area contributed by atoms with Crippen LogP contribution in [0.4, 0.5) is 27.8 Å². The lowest BCUT2D eigenvalue weighted by atomic mass is 10.2. The van der Waals surface area contributed by atoms with E-state index < -0.39 is 30.8 Å². The summed E-state index contributed by atoms with van der Waals surface area (Å²) in [6, 6.07) is 4.80. The smallest absolute Gasteiger partial charge is 0.425 e. The molecule has 2 aliphatic rings. The van der Waals surface area contributed by atoms with Crippen LogP contribution in [0.5, 0.6) is 6.01 Å². The van der Waals surface area contributed by atoms with E-state index in [4.69, 9.17) is 16.3 Å². The molecule has 0 amide bonds. The first-order chi connectivity index (χ1) is 14.0. The van der Waals surface area contributed by atoms with E-state index in [1.165, 1.54) is 4.90 Å². The molecule has 1 fully saturated rings. The Kier molecular flexibility index (Phi) is 4.03. The average molecular weight is 448 g/mol. The zero-order chi connectivity index (χ0) is 21.4. The molecule has 1 saturated heterocycles. The molecular weight excluding hydrogens is 433 g/mol. The number of fused-ring (bicyclic) bond motifs is 6. The first-order valence-corrected chi connectivity index (χ1v) is 9.56. The standard InChI is InChI=1S/C18H15ClF5N5O/c1-9(18(22,23)24)30-16-25-14(27-6-5-17(20,21)8-27)13-15(26-16)28-7-10-11(19)3-2-4-12(10)29(13)28/h2-4,9H,5-8H2,1H3. The Morgan fingerprint density at radius 2 is 2.00 bits per heavy atom. The molecule has 5 rings (SSSR count). The van der Waals surface area contributed by atoms with E-state index in [1.807, 2.05) is 6.07 Å². The quantitative estimate of drug-likeness (QED) is 0.436. The third-order valence-electron chi connectivity index (χ3n) is 5.37. The van der Waals surface area contributed by atoms with E-state index >= 15 is 0 Å². The second kappa shape index (κ2) is 6.22. The van der Waals surface area contributed by atoms with Crippen LogP contribution in [0, 0.1) is 0 Å². The Labute approximate surface area is 171 Å². The van der Waals surface area contributed by atoms with Gasteiger partial charge in [-0.2, -0.15) is 23.1 Å². The number of aromatic nitrogens is 4. The summed E-state index contributed by atoms with van der Waals surface area (Å²) in [5.41, 5.74) is 2.32. The number of benzene rings is 1. The Morgan fingerprint density at radius 3 is 2.67 bits per heavy atom. The Balaban J connectivity index is 1.65. The second-order valence-electron chi connectivity index (χ2n) is 7.44. The fourth-order valence-electron chi connectivity index (χ4n) is 3.82. The minimum absolute atomic E-state index is 0.0148. The fraction of sp³-hybridized carbons (Fsp3) is 0.444. The highest BCUT2D eigenvalue weighted by molar-refractivity contribution is 6.31. The lowest BCUT2D eigenvalue weighted by Gasteiger charge is -2.27. The molecule has 4 heterocycles. The second-order valence-corrected chi connectivity index (χ2v) is 7.85. The summed E-state index contributed by atoms with van der Waals surface area (Å²) >= 11 is 6.28. The molecule has 0 N–H and O–H groups in total. The topological polar surface area (TPSA) is 48.1 Å². The molecule has 0 saturated carbocycles. The van der Waals surface area contributed by atoms with Gasteiger partial charge in [-0.1, -0.05) is 17.7 Å². The Morgan fingerprint density at radius 1 is 1.23 bits per heavy atom. The van der Waals surface area contributed by atoms with Crippen LogP contribution in [-0.2, 0) is 6.54 Å². The first-order valence-electron chi connectivity index (χ1n) is 9.18. The van der Waals surface area contributed by atoms with Crippen LogP contribution in [0.2, 0.25) is 5.02 Å². The van der Waals surface area contributed by atoms with E-state index in [9.17, 15) is 22.0 Å². The lowest BCUT2D eigenvalue weighted by molar-refractivity contribution is -0.190. The van der Waals surface area contributed by atoms with Crippen LogP contribution < -0.4 is 9.64 Å². The van der Waals surface area contributed by atoms with Crippen molar-refractivity contribution in [1.82, 2.24) is 19.3 Å². The predicted molar refractivity (Wildman–Crippen MR) is 98.9 cm³/mol. The number of anilines is 1. The fourth-order valence-corrected chi connectivity index (χ4v) is 4.04. The van der Waals surface area contributed by atoms with Crippen molar-refractivity contribution in [2.45, 2.75) is 38.1 Å². The van der Waals surface area contributed by atoms with Crippen LogP contribution in [0.3, 0.4) is 0 Å². The van der Waals surface area contributed by atoms with Crippen molar-refractivity contribution in [2.24, 2.45) is 0 Å². The molecule has 1 unspecified atom stereocenters. The zero-order valence-electron chi connectivity index (χ0n) is 15.5. The summed E-state index contributed by atoms with van der Waals surface area (Å²) in [6.07, 6.45) is -7.13. The highest BCUT2D eigenvalue weighted by Crippen LogP contribution is 2.42. The van der Waals surface area contributed by atoms with Gasteiger partial charge >= 0.3 is 12.2 Å². The first kappa shape index (κ1) is 19.4. The summed E-state index contributed by atoms with van der Waals surface area (Å²) in [7, 11) is 0. The van der Waals surface area contributed by atoms with Crippen LogP contribution in [0.15, 0.2) is 18.2 Å². The summed E-state index contributed by atoms with van der Waals surface area (Å²) in [5, 5.41) is 0.525. The highest BCUT2D eigenvalue weighted by atomic mass is 35.5. The van der Waals surface area contributed by atoms with Crippen molar-refractivity contribution >= 4 is 28.6 Å². The van der Waals surface area contributed by atoms with Gasteiger partial charge in [-0.15, -0.1) is 0 Å². The minimum atomic E-state index is -4.61. The normalized spacial score (nSPS) is 18.7. The molecule has 160 valence electrons. The van der Waals surface area contributed by atoms with Crippen molar-refractivity contribution in [1.29, 1.82) is 0 Å². The van der Waals surface area contributed by atoms with Gasteiger partial charge in [0.1, 0.15) is 0 Å². The lowest BCUT2D eigenvalue weighted by Crippen LogP contribution is -2.33. The number of ether oxygens (including phenoxy) is 1. The molecule has 0 aliphatic carbocycles. The highest BCUT2D eigenvalue weighted by Gasteiger charge is 2.42. The number of alkyl halides is 5. The van der Waals surface area contributed by atoms with Gasteiger partial charge in [0.05, 0.1) is 18.8 Å². The van der Waals surface area contributed by atoms with Crippen molar-refractivity contribution in [2.75, 3.05) is 18.0 Å². The number of hydrogen-bond donors (Lipinski definition) is 0. The van der Waals surface area contributed by atoms with Gasteiger partial charge in [0.25, 0.3) is 5.92 Å². The van der Waals surface area contributed by atoms with Crippen LogP contribution >= 0.6 is 11.6 Å². The van der Waals surface area contributed by atoms with E-state index in [1.54, 1.807) is 21.5 Å². The molecule has 12 heteroatoms. The van der Waals surface area contributed by atoms with Crippen LogP contribution in [-0.4, -0.2) is 50.6 Å². The molecule has 2 aliphatic heterocycles. The van der Waals surface area contributed by atoms with E-state index in [0.29, 0.717) is 22.7 Å². The van der Waals surface area contributed by atoms with E-state index in [2.05, 4.69) is 9.97 Å². The molecule has 2 aromatic heterocycles. The molecule has 6 nitrogen and oxygen atoms in total. The maximum atomic E-state index is 13.9. The predicted octanol–water partition coefficient (Wildman–Crippen LogP) is 4.41. The molecule has 0 radical (unpaired) electrons.